The Morgan fingerprint density at radius 3 is 2.58 bits per heavy atom. The van der Waals surface area contributed by atoms with E-state index in [2.05, 4.69) is 25.7 Å². The number of hydrogen-bond donors (Lipinski definition) is 0. The normalized spacial score (nSPS) is 16.9. The first-order valence-electron chi connectivity index (χ1n) is 6.98. The summed E-state index contributed by atoms with van der Waals surface area (Å²) in [7, 11) is 0. The van der Waals surface area contributed by atoms with Crippen molar-refractivity contribution in [1.29, 1.82) is 0 Å². The molecular weight excluding hydrogens is 240 g/mol. The summed E-state index contributed by atoms with van der Waals surface area (Å²) >= 11 is 0. The third-order valence-electron chi connectivity index (χ3n) is 3.99. The third-order valence-corrected chi connectivity index (χ3v) is 3.99. The monoisotopic (exact) mass is 262 g/mol. The van der Waals surface area contributed by atoms with E-state index in [-0.39, 0.29) is 10.6 Å². The number of nitrogens with zero attached hydrogens (tertiary/aromatic N) is 2. The summed E-state index contributed by atoms with van der Waals surface area (Å²) in [5.41, 5.74) is 1.22. The van der Waals surface area contributed by atoms with Gasteiger partial charge in [0.1, 0.15) is 0 Å². The Morgan fingerprint density at radius 1 is 1.37 bits per heavy atom. The van der Waals surface area contributed by atoms with Gasteiger partial charge in [-0.2, -0.15) is 0 Å². The van der Waals surface area contributed by atoms with Gasteiger partial charge in [-0.25, -0.2) is 0 Å². The van der Waals surface area contributed by atoms with Crippen LogP contribution in [-0.2, 0) is 6.54 Å². The van der Waals surface area contributed by atoms with E-state index >= 15 is 0 Å². The highest BCUT2D eigenvalue weighted by Crippen LogP contribution is 2.32. The Kier molecular flexibility index (Phi) is 4.20. The molecule has 4 heteroatoms. The van der Waals surface area contributed by atoms with Crippen LogP contribution >= 0.6 is 0 Å². The van der Waals surface area contributed by atoms with E-state index in [4.69, 9.17) is 0 Å². The molecule has 2 rings (SSSR count). The van der Waals surface area contributed by atoms with Crippen LogP contribution in [0.1, 0.15) is 39.2 Å². The average molecular weight is 262 g/mol. The van der Waals surface area contributed by atoms with Gasteiger partial charge in [0, 0.05) is 30.8 Å². The highest BCUT2D eigenvalue weighted by Gasteiger charge is 2.33. The lowest BCUT2D eigenvalue weighted by atomic mass is 10.0. The Labute approximate surface area is 114 Å². The maximum atomic E-state index is 10.8. The van der Waals surface area contributed by atoms with Gasteiger partial charge in [0.25, 0.3) is 5.69 Å². The summed E-state index contributed by atoms with van der Waals surface area (Å²) in [5.74, 6) is 0.597. The van der Waals surface area contributed by atoms with Gasteiger partial charge in [0.2, 0.25) is 0 Å². The molecule has 0 spiro atoms. The second-order valence-corrected chi connectivity index (χ2v) is 5.82. The molecule has 0 amide bonds. The van der Waals surface area contributed by atoms with Crippen LogP contribution in [0.25, 0.3) is 0 Å². The van der Waals surface area contributed by atoms with Crippen molar-refractivity contribution in [2.24, 2.45) is 5.92 Å². The van der Waals surface area contributed by atoms with Crippen LogP contribution in [0.15, 0.2) is 24.3 Å². The molecule has 0 aromatic heterocycles. The minimum Gasteiger partial charge on any atom is -0.293 e. The zero-order valence-electron chi connectivity index (χ0n) is 11.9. The summed E-state index contributed by atoms with van der Waals surface area (Å²) in [5, 5.41) is 10.8. The first-order valence-corrected chi connectivity index (χ1v) is 6.98. The predicted octanol–water partition coefficient (Wildman–Crippen LogP) is 3.60. The highest BCUT2D eigenvalue weighted by atomic mass is 16.6. The van der Waals surface area contributed by atoms with Gasteiger partial charge in [-0.15, -0.1) is 0 Å². The number of rotatable bonds is 6. The van der Waals surface area contributed by atoms with Crippen LogP contribution in [0.4, 0.5) is 5.69 Å². The summed E-state index contributed by atoms with van der Waals surface area (Å²) in [6.45, 7) is 7.52. The second-order valence-electron chi connectivity index (χ2n) is 5.82. The van der Waals surface area contributed by atoms with E-state index in [1.807, 2.05) is 6.07 Å². The molecule has 1 atom stereocenters. The number of hydrogen-bond acceptors (Lipinski definition) is 3. The summed E-state index contributed by atoms with van der Waals surface area (Å²) in [6.07, 6.45) is 2.51. The van der Waals surface area contributed by atoms with E-state index in [0.29, 0.717) is 18.0 Å². The zero-order chi connectivity index (χ0) is 14.0. The van der Waals surface area contributed by atoms with Crippen LogP contribution < -0.4 is 0 Å². The van der Waals surface area contributed by atoms with Crippen LogP contribution in [0.5, 0.6) is 0 Å². The molecule has 1 aliphatic carbocycles. The fourth-order valence-electron chi connectivity index (χ4n) is 2.37. The molecule has 1 aliphatic rings. The van der Waals surface area contributed by atoms with Crippen molar-refractivity contribution < 1.29 is 4.92 Å². The van der Waals surface area contributed by atoms with Gasteiger partial charge in [-0.1, -0.05) is 26.0 Å². The third kappa shape index (κ3) is 3.53. The van der Waals surface area contributed by atoms with Crippen molar-refractivity contribution in [2.45, 2.75) is 52.2 Å². The smallest absolute Gasteiger partial charge is 0.269 e. The van der Waals surface area contributed by atoms with Crippen molar-refractivity contribution in [1.82, 2.24) is 4.90 Å². The molecule has 4 nitrogen and oxygen atoms in total. The Hall–Kier alpha value is -1.42. The number of benzene rings is 1. The van der Waals surface area contributed by atoms with Gasteiger partial charge in [0.15, 0.2) is 0 Å². The molecule has 0 aliphatic heterocycles. The lowest BCUT2D eigenvalue weighted by molar-refractivity contribution is -0.384. The summed E-state index contributed by atoms with van der Waals surface area (Å²) < 4.78 is 0. The van der Waals surface area contributed by atoms with Gasteiger partial charge >= 0.3 is 0 Å². The Bertz CT molecular complexity index is 455. The molecule has 0 N–H and O–H groups in total. The van der Waals surface area contributed by atoms with Crippen LogP contribution in [0, 0.1) is 16.0 Å². The predicted molar refractivity (Wildman–Crippen MR) is 76.0 cm³/mol. The first kappa shape index (κ1) is 14.0. The maximum absolute atomic E-state index is 10.8. The maximum Gasteiger partial charge on any atom is 0.269 e. The minimum atomic E-state index is -0.323. The molecule has 1 unspecified atom stereocenters. The Balaban J connectivity index is 2.13. The van der Waals surface area contributed by atoms with Crippen molar-refractivity contribution in [3.05, 3.63) is 39.9 Å². The SMILES string of the molecule is CC(C)C(C)N(Cc1cccc([N+](=O)[O-])c1)C1CC1. The molecule has 0 radical (unpaired) electrons. The lowest BCUT2D eigenvalue weighted by Gasteiger charge is -2.32. The summed E-state index contributed by atoms with van der Waals surface area (Å²) in [6, 6.07) is 8.18. The first-order chi connectivity index (χ1) is 8.99. The standard InChI is InChI=1S/C15H22N2O2/c1-11(2)12(3)16(14-7-8-14)10-13-5-4-6-15(9-13)17(18)19/h4-6,9,11-12,14H,7-8,10H2,1-3H3. The van der Waals surface area contributed by atoms with Crippen molar-refractivity contribution in [3.63, 3.8) is 0 Å². The number of non-ortho nitro benzene ring substituents is 1. The van der Waals surface area contributed by atoms with Gasteiger partial charge in [-0.05, 0) is 31.2 Å². The van der Waals surface area contributed by atoms with Gasteiger partial charge in [-0.3, -0.25) is 15.0 Å². The van der Waals surface area contributed by atoms with E-state index in [0.717, 1.165) is 12.1 Å². The molecule has 1 aromatic carbocycles. The minimum absolute atomic E-state index is 0.186. The lowest BCUT2D eigenvalue weighted by Crippen LogP contribution is -2.37. The fourth-order valence-corrected chi connectivity index (χ4v) is 2.37. The second kappa shape index (κ2) is 5.70. The molecule has 1 aromatic rings. The Morgan fingerprint density at radius 2 is 2.05 bits per heavy atom. The van der Waals surface area contributed by atoms with Crippen LogP contribution in [0.3, 0.4) is 0 Å². The molecule has 0 saturated heterocycles. The van der Waals surface area contributed by atoms with Crippen LogP contribution in [0.2, 0.25) is 0 Å². The topological polar surface area (TPSA) is 46.4 Å². The van der Waals surface area contributed by atoms with E-state index in [1.165, 1.54) is 12.8 Å². The van der Waals surface area contributed by atoms with Crippen molar-refractivity contribution in [3.8, 4) is 0 Å². The van der Waals surface area contributed by atoms with E-state index in [1.54, 1.807) is 18.2 Å². The molecule has 19 heavy (non-hydrogen) atoms. The molecule has 0 bridgehead atoms. The van der Waals surface area contributed by atoms with Gasteiger partial charge < -0.3 is 0 Å². The molecule has 1 saturated carbocycles. The highest BCUT2D eigenvalue weighted by molar-refractivity contribution is 5.34. The number of nitro groups is 1. The van der Waals surface area contributed by atoms with Crippen molar-refractivity contribution >= 4 is 5.69 Å². The summed E-state index contributed by atoms with van der Waals surface area (Å²) in [4.78, 5) is 13.0. The molecular formula is C15H22N2O2. The molecule has 0 heterocycles. The van der Waals surface area contributed by atoms with E-state index in [9.17, 15) is 10.1 Å². The fraction of sp³-hybridized carbons (Fsp3) is 0.600. The van der Waals surface area contributed by atoms with Gasteiger partial charge in [0.05, 0.1) is 4.92 Å². The largest absolute Gasteiger partial charge is 0.293 e. The molecule has 104 valence electrons. The average Bonchev–Trinajstić information content (AvgIpc) is 3.19. The van der Waals surface area contributed by atoms with E-state index < -0.39 is 0 Å². The number of nitro benzene ring substituents is 1. The van der Waals surface area contributed by atoms with Crippen LogP contribution in [-0.4, -0.2) is 21.9 Å². The van der Waals surface area contributed by atoms with Crippen molar-refractivity contribution in [2.75, 3.05) is 0 Å². The quantitative estimate of drug-likeness (QED) is 0.581. The molecule has 1 fully saturated rings. The zero-order valence-corrected chi connectivity index (χ0v) is 11.9.